The minimum absolute atomic E-state index is 0.0211. The van der Waals surface area contributed by atoms with Gasteiger partial charge in [0.15, 0.2) is 0 Å². The molecule has 2 aromatic heterocycles. The van der Waals surface area contributed by atoms with Crippen molar-refractivity contribution in [2.24, 2.45) is 0 Å². The molecule has 0 unspecified atom stereocenters. The number of aromatic nitrogens is 2. The van der Waals surface area contributed by atoms with E-state index in [0.717, 1.165) is 34.3 Å². The normalized spacial score (nSPS) is 11.0. The number of para-hydroxylation sites is 1. The molecule has 30 heavy (non-hydrogen) atoms. The van der Waals surface area contributed by atoms with Crippen molar-refractivity contribution in [2.45, 2.75) is 13.5 Å². The van der Waals surface area contributed by atoms with Crippen molar-refractivity contribution in [1.82, 2.24) is 14.9 Å². The molecule has 0 bridgehead atoms. The molecule has 0 radical (unpaired) electrons. The lowest BCUT2D eigenvalue weighted by molar-refractivity contribution is 0.103. The third kappa shape index (κ3) is 4.26. The Morgan fingerprint density at radius 1 is 1.10 bits per heavy atom. The summed E-state index contributed by atoms with van der Waals surface area (Å²) < 4.78 is 7.79. The topological polar surface area (TPSA) is 56.1 Å². The first-order valence-corrected chi connectivity index (χ1v) is 10.1. The Kier molecular flexibility index (Phi) is 5.91. The predicted molar refractivity (Wildman–Crippen MR) is 119 cm³/mol. The summed E-state index contributed by atoms with van der Waals surface area (Å²) in [6.07, 6.45) is 3.80. The van der Waals surface area contributed by atoms with Gasteiger partial charge in [-0.2, -0.15) is 0 Å². The van der Waals surface area contributed by atoms with Crippen LogP contribution < -0.4 is 10.1 Å². The predicted octanol–water partition coefficient (Wildman–Crippen LogP) is 4.22. The Morgan fingerprint density at radius 3 is 2.83 bits per heavy atom. The number of pyridine rings is 1. The van der Waals surface area contributed by atoms with E-state index in [1.165, 1.54) is 0 Å². The van der Waals surface area contributed by atoms with Crippen LogP contribution in [0.1, 0.15) is 27.2 Å². The van der Waals surface area contributed by atoms with Crippen LogP contribution in [0.2, 0.25) is 0 Å². The van der Waals surface area contributed by atoms with Crippen LogP contribution in [0.15, 0.2) is 73.1 Å². The first-order valence-electron chi connectivity index (χ1n) is 10.1. The molecular formula is C25H25N3O2. The Morgan fingerprint density at radius 2 is 1.97 bits per heavy atom. The Labute approximate surface area is 176 Å². The zero-order valence-corrected chi connectivity index (χ0v) is 17.3. The molecule has 1 N–H and O–H groups in total. The summed E-state index contributed by atoms with van der Waals surface area (Å²) in [4.78, 5) is 17.8. The molecule has 152 valence electrons. The fraction of sp³-hybridized carbons (Fsp3) is 0.200. The van der Waals surface area contributed by atoms with E-state index in [-0.39, 0.29) is 5.78 Å². The van der Waals surface area contributed by atoms with Crippen molar-refractivity contribution in [3.05, 3.63) is 95.4 Å². The number of hydrogen-bond donors (Lipinski definition) is 1. The molecule has 5 heteroatoms. The van der Waals surface area contributed by atoms with Crippen LogP contribution in [0.4, 0.5) is 0 Å². The van der Waals surface area contributed by atoms with E-state index in [2.05, 4.69) is 22.4 Å². The standard InChI is InChI=1S/C25H25N3O2/c1-18-9-10-21(15-24(18)30-13-11-26-2)25(29)23-8-5-12-28(23)17-19-14-20-6-3-4-7-22(20)27-16-19/h3-10,12,14-16,26H,11,13,17H2,1-2H3. The molecule has 5 nitrogen and oxygen atoms in total. The molecule has 4 rings (SSSR count). The summed E-state index contributed by atoms with van der Waals surface area (Å²) in [5, 5.41) is 4.15. The molecule has 0 saturated carbocycles. The number of ketones is 1. The van der Waals surface area contributed by atoms with Gasteiger partial charge in [-0.15, -0.1) is 0 Å². The molecular weight excluding hydrogens is 374 g/mol. The largest absolute Gasteiger partial charge is 0.492 e. The van der Waals surface area contributed by atoms with Gasteiger partial charge < -0.3 is 14.6 Å². The first-order chi connectivity index (χ1) is 14.7. The van der Waals surface area contributed by atoms with Crippen molar-refractivity contribution < 1.29 is 9.53 Å². The second-order valence-electron chi connectivity index (χ2n) is 7.32. The van der Waals surface area contributed by atoms with Gasteiger partial charge in [-0.05, 0) is 55.4 Å². The molecule has 0 fully saturated rings. The van der Waals surface area contributed by atoms with E-state index in [1.54, 1.807) is 0 Å². The third-order valence-corrected chi connectivity index (χ3v) is 5.12. The van der Waals surface area contributed by atoms with E-state index in [9.17, 15) is 4.79 Å². The van der Waals surface area contributed by atoms with E-state index < -0.39 is 0 Å². The highest BCUT2D eigenvalue weighted by molar-refractivity contribution is 6.08. The van der Waals surface area contributed by atoms with E-state index >= 15 is 0 Å². The van der Waals surface area contributed by atoms with E-state index in [1.807, 2.05) is 79.5 Å². The lowest BCUT2D eigenvalue weighted by Gasteiger charge is -2.12. The van der Waals surface area contributed by atoms with Crippen LogP contribution in [0.5, 0.6) is 5.75 Å². The molecule has 0 amide bonds. The van der Waals surface area contributed by atoms with Crippen LogP contribution in [-0.2, 0) is 6.54 Å². The number of nitrogens with one attached hydrogen (secondary N) is 1. The molecule has 0 aliphatic heterocycles. The van der Waals surface area contributed by atoms with Crippen molar-refractivity contribution >= 4 is 16.7 Å². The van der Waals surface area contributed by atoms with Crippen LogP contribution in [0, 0.1) is 6.92 Å². The van der Waals surface area contributed by atoms with Gasteiger partial charge in [0.1, 0.15) is 12.4 Å². The Hall–Kier alpha value is -3.44. The van der Waals surface area contributed by atoms with Gasteiger partial charge in [-0.25, -0.2) is 0 Å². The monoisotopic (exact) mass is 399 g/mol. The number of carbonyl (C=O) groups excluding carboxylic acids is 1. The highest BCUT2D eigenvalue weighted by Crippen LogP contribution is 2.22. The van der Waals surface area contributed by atoms with E-state index in [0.29, 0.717) is 24.4 Å². The molecule has 2 heterocycles. The maximum absolute atomic E-state index is 13.2. The average molecular weight is 399 g/mol. The molecule has 4 aromatic rings. The number of rotatable bonds is 8. The summed E-state index contributed by atoms with van der Waals surface area (Å²) in [6, 6.07) is 19.5. The lowest BCUT2D eigenvalue weighted by Crippen LogP contribution is -2.16. The van der Waals surface area contributed by atoms with E-state index in [4.69, 9.17) is 4.74 Å². The van der Waals surface area contributed by atoms with Gasteiger partial charge >= 0.3 is 0 Å². The molecule has 0 atom stereocenters. The fourth-order valence-electron chi connectivity index (χ4n) is 3.47. The molecule has 0 saturated heterocycles. The number of aryl methyl sites for hydroxylation is 1. The zero-order chi connectivity index (χ0) is 20.9. The van der Waals surface area contributed by atoms with Crippen LogP contribution in [0.25, 0.3) is 10.9 Å². The number of hydrogen-bond acceptors (Lipinski definition) is 4. The van der Waals surface area contributed by atoms with Gasteiger partial charge in [0.05, 0.1) is 11.2 Å². The van der Waals surface area contributed by atoms with Crippen molar-refractivity contribution in [3.63, 3.8) is 0 Å². The smallest absolute Gasteiger partial charge is 0.209 e. The summed E-state index contributed by atoms with van der Waals surface area (Å²) >= 11 is 0. The van der Waals surface area contributed by atoms with Gasteiger partial charge in [-0.1, -0.05) is 30.3 Å². The van der Waals surface area contributed by atoms with Crippen molar-refractivity contribution in [3.8, 4) is 5.75 Å². The SMILES string of the molecule is CNCCOc1cc(C(=O)c2cccn2Cc2cnc3ccccc3c2)ccc1C. The minimum Gasteiger partial charge on any atom is -0.492 e. The second-order valence-corrected chi connectivity index (χ2v) is 7.32. The Bertz CT molecular complexity index is 1180. The van der Waals surface area contributed by atoms with Crippen molar-refractivity contribution in [2.75, 3.05) is 20.2 Å². The van der Waals surface area contributed by atoms with Crippen LogP contribution in [-0.4, -0.2) is 35.5 Å². The summed E-state index contributed by atoms with van der Waals surface area (Å²) in [7, 11) is 1.88. The maximum Gasteiger partial charge on any atom is 0.209 e. The number of fused-ring (bicyclic) bond motifs is 1. The minimum atomic E-state index is -0.0211. The molecule has 0 aliphatic rings. The summed E-state index contributed by atoms with van der Waals surface area (Å²) in [5.74, 6) is 0.722. The van der Waals surface area contributed by atoms with Gasteiger partial charge in [0.25, 0.3) is 0 Å². The lowest BCUT2D eigenvalue weighted by atomic mass is 10.1. The average Bonchev–Trinajstić information content (AvgIpc) is 3.22. The van der Waals surface area contributed by atoms with Gasteiger partial charge in [0, 0.05) is 36.4 Å². The quantitative estimate of drug-likeness (QED) is 0.356. The number of ether oxygens (including phenoxy) is 1. The number of benzene rings is 2. The Balaban J connectivity index is 1.57. The fourth-order valence-corrected chi connectivity index (χ4v) is 3.47. The third-order valence-electron chi connectivity index (χ3n) is 5.12. The van der Waals surface area contributed by atoms with Crippen LogP contribution >= 0.6 is 0 Å². The van der Waals surface area contributed by atoms with Crippen molar-refractivity contribution in [1.29, 1.82) is 0 Å². The molecule has 0 spiro atoms. The summed E-state index contributed by atoms with van der Waals surface area (Å²) in [6.45, 7) is 3.88. The van der Waals surface area contributed by atoms with Gasteiger partial charge in [-0.3, -0.25) is 9.78 Å². The highest BCUT2D eigenvalue weighted by Gasteiger charge is 2.15. The van der Waals surface area contributed by atoms with Gasteiger partial charge in [0.2, 0.25) is 5.78 Å². The number of nitrogens with zero attached hydrogens (tertiary/aromatic N) is 2. The molecule has 0 aliphatic carbocycles. The second kappa shape index (κ2) is 8.93. The molecule has 2 aromatic carbocycles. The maximum atomic E-state index is 13.2. The first kappa shape index (κ1) is 19.9. The highest BCUT2D eigenvalue weighted by atomic mass is 16.5. The zero-order valence-electron chi connectivity index (χ0n) is 17.3. The van der Waals surface area contributed by atoms with Crippen LogP contribution in [0.3, 0.4) is 0 Å². The number of likely N-dealkylation sites (N-methyl/N-ethyl adjacent to an activating group) is 1. The number of carbonyl (C=O) groups is 1. The summed E-state index contributed by atoms with van der Waals surface area (Å²) in [5.41, 5.74) is 4.31.